The number of halogens is 4. The Balaban J connectivity index is 1.96. The summed E-state index contributed by atoms with van der Waals surface area (Å²) < 4.78 is 45.7. The van der Waals surface area contributed by atoms with Crippen LogP contribution in [0, 0.1) is 0 Å². The van der Waals surface area contributed by atoms with Gasteiger partial charge in [0, 0.05) is 5.56 Å². The van der Waals surface area contributed by atoms with Gasteiger partial charge in [-0.25, -0.2) is 14.5 Å². The molecule has 0 fully saturated rings. The Hall–Kier alpha value is -3.57. The summed E-state index contributed by atoms with van der Waals surface area (Å²) in [5, 5.41) is 17.9. The van der Waals surface area contributed by atoms with Gasteiger partial charge in [-0.1, -0.05) is 41.9 Å². The first kappa shape index (κ1) is 24.1. The highest BCUT2D eigenvalue weighted by atomic mass is 35.5. The molecule has 3 rings (SSSR count). The van der Waals surface area contributed by atoms with Crippen LogP contribution in [-0.4, -0.2) is 41.0 Å². The fourth-order valence-corrected chi connectivity index (χ4v) is 4.25. The van der Waals surface area contributed by atoms with Gasteiger partial charge in [-0.2, -0.15) is 0 Å². The third kappa shape index (κ3) is 5.26. The first-order chi connectivity index (χ1) is 15.5. The summed E-state index contributed by atoms with van der Waals surface area (Å²) in [7, 11) is 0. The molecule has 0 aliphatic heterocycles. The molecule has 0 bridgehead atoms. The van der Waals surface area contributed by atoms with Crippen molar-refractivity contribution >= 4 is 46.5 Å². The lowest BCUT2D eigenvalue weighted by atomic mass is 10.1. The fraction of sp³-hybridized carbons (Fsp3) is 0.0952. The third-order valence-corrected chi connectivity index (χ3v) is 5.89. The van der Waals surface area contributed by atoms with Gasteiger partial charge in [0.1, 0.15) is 5.02 Å². The van der Waals surface area contributed by atoms with E-state index in [4.69, 9.17) is 21.4 Å². The number of carbonyl (C=O) groups is 3. The minimum atomic E-state index is -4.97. The average molecular weight is 500 g/mol. The molecule has 3 aromatic rings. The second-order valence-corrected chi connectivity index (χ2v) is 7.81. The summed E-state index contributed by atoms with van der Waals surface area (Å²) in [6.07, 6.45) is -4.97. The molecule has 2 N–H and O–H groups in total. The Bertz CT molecular complexity index is 1200. The van der Waals surface area contributed by atoms with Crippen LogP contribution in [0.4, 0.5) is 18.9 Å². The number of hydrogen-bond donors (Lipinski definition) is 2. The van der Waals surface area contributed by atoms with Crippen LogP contribution in [0.25, 0.3) is 10.4 Å². The van der Waals surface area contributed by atoms with Crippen LogP contribution in [0.2, 0.25) is 5.02 Å². The fourth-order valence-electron chi connectivity index (χ4n) is 2.83. The van der Waals surface area contributed by atoms with Crippen LogP contribution in [0.15, 0.2) is 54.6 Å². The normalized spacial score (nSPS) is 11.2. The van der Waals surface area contributed by atoms with Crippen LogP contribution < -0.4 is 9.64 Å². The summed E-state index contributed by atoms with van der Waals surface area (Å²) in [4.78, 5) is 34.4. The summed E-state index contributed by atoms with van der Waals surface area (Å²) in [6.45, 7) is -0.823. The molecular weight excluding hydrogens is 487 g/mol. The summed E-state index contributed by atoms with van der Waals surface area (Å²) in [5.41, 5.74) is -0.326. The summed E-state index contributed by atoms with van der Waals surface area (Å²) >= 11 is 6.89. The maximum Gasteiger partial charge on any atom is 0.491 e. The number of hydrogen-bond acceptors (Lipinski definition) is 5. The van der Waals surface area contributed by atoms with Gasteiger partial charge >= 0.3 is 18.2 Å². The zero-order valence-electron chi connectivity index (χ0n) is 16.3. The molecule has 1 amide bonds. The van der Waals surface area contributed by atoms with Gasteiger partial charge < -0.3 is 14.9 Å². The molecule has 1 aromatic heterocycles. The van der Waals surface area contributed by atoms with E-state index < -0.39 is 30.8 Å². The molecule has 0 radical (unpaired) electrons. The molecular formula is C21H13ClF3NO6S. The van der Waals surface area contributed by atoms with Crippen LogP contribution in [0.5, 0.6) is 5.75 Å². The van der Waals surface area contributed by atoms with Crippen molar-refractivity contribution in [1.82, 2.24) is 0 Å². The molecule has 0 aliphatic carbocycles. The number of nitrogens with zero attached hydrogens (tertiary/aromatic N) is 1. The highest BCUT2D eigenvalue weighted by Gasteiger charge is 2.42. The van der Waals surface area contributed by atoms with Gasteiger partial charge in [-0.3, -0.25) is 4.79 Å². The highest BCUT2D eigenvalue weighted by molar-refractivity contribution is 7.18. The number of carboxylic acids is 2. The number of thiophene rings is 1. The van der Waals surface area contributed by atoms with Gasteiger partial charge in [0.25, 0.3) is 5.91 Å². The number of anilines is 1. The number of alkyl halides is 3. The quantitative estimate of drug-likeness (QED) is 0.422. The number of benzene rings is 2. The molecule has 0 saturated heterocycles. The van der Waals surface area contributed by atoms with Crippen molar-refractivity contribution in [3.8, 4) is 16.2 Å². The zero-order chi connectivity index (χ0) is 24.3. The minimum absolute atomic E-state index is 0.168. The second-order valence-electron chi connectivity index (χ2n) is 6.41. The lowest BCUT2D eigenvalue weighted by Crippen LogP contribution is -2.43. The molecule has 0 aliphatic rings. The summed E-state index contributed by atoms with van der Waals surface area (Å²) in [5.74, 6) is -4.39. The molecule has 0 saturated carbocycles. The molecule has 0 atom stereocenters. The molecule has 7 nitrogen and oxygen atoms in total. The highest BCUT2D eigenvalue weighted by Crippen LogP contribution is 2.45. The van der Waals surface area contributed by atoms with E-state index in [-0.39, 0.29) is 36.7 Å². The van der Waals surface area contributed by atoms with Crippen molar-refractivity contribution in [2.75, 3.05) is 11.5 Å². The molecule has 0 unspecified atom stereocenters. The monoisotopic (exact) mass is 499 g/mol. The minimum Gasteiger partial charge on any atom is -0.479 e. The second kappa shape index (κ2) is 9.51. The van der Waals surface area contributed by atoms with Crippen molar-refractivity contribution in [2.45, 2.75) is 6.30 Å². The number of ether oxygens (including phenoxy) is 1. The molecule has 12 heteroatoms. The van der Waals surface area contributed by atoms with E-state index in [1.807, 2.05) is 0 Å². The maximum atomic E-state index is 13.6. The van der Waals surface area contributed by atoms with Crippen molar-refractivity contribution < 1.29 is 42.5 Å². The zero-order valence-corrected chi connectivity index (χ0v) is 17.9. The van der Waals surface area contributed by atoms with E-state index >= 15 is 0 Å². The van der Waals surface area contributed by atoms with Crippen LogP contribution in [-0.2, 0) is 4.79 Å². The van der Waals surface area contributed by atoms with Crippen LogP contribution >= 0.6 is 22.9 Å². The summed E-state index contributed by atoms with van der Waals surface area (Å²) in [6, 6.07) is 11.5. The number of aliphatic carboxylic acids is 1. The van der Waals surface area contributed by atoms with Gasteiger partial charge in [-0.05, 0) is 29.8 Å². The molecule has 2 aromatic carbocycles. The van der Waals surface area contributed by atoms with E-state index in [1.165, 1.54) is 30.3 Å². The Morgan fingerprint density at radius 3 is 2.12 bits per heavy atom. The van der Waals surface area contributed by atoms with Crippen LogP contribution in [0.1, 0.15) is 20.0 Å². The Labute approximate surface area is 193 Å². The SMILES string of the molecule is O=C(O)COc1c(C(=O)O)sc(-c2ccc(C(=O)N(c3ccccc3)C(F)(F)F)cc2)c1Cl. The Morgan fingerprint density at radius 2 is 1.61 bits per heavy atom. The maximum absolute atomic E-state index is 13.6. The van der Waals surface area contributed by atoms with E-state index in [0.717, 1.165) is 24.3 Å². The first-order valence-electron chi connectivity index (χ1n) is 8.97. The van der Waals surface area contributed by atoms with E-state index in [2.05, 4.69) is 0 Å². The lowest BCUT2D eigenvalue weighted by molar-refractivity contribution is -0.139. The van der Waals surface area contributed by atoms with E-state index in [9.17, 15) is 32.7 Å². The first-order valence-corrected chi connectivity index (χ1v) is 10.2. The van der Waals surface area contributed by atoms with Gasteiger partial charge in [0.05, 0.1) is 10.6 Å². The number of carboxylic acid groups (broad SMARTS) is 2. The third-order valence-electron chi connectivity index (χ3n) is 4.21. The predicted octanol–water partition coefficient (Wildman–Crippen LogP) is 5.40. The predicted molar refractivity (Wildman–Crippen MR) is 114 cm³/mol. The topological polar surface area (TPSA) is 104 Å². The standard InChI is InChI=1S/C21H13ClF3NO6S/c22-15-16(32-10-14(27)28)18(20(30)31)33-17(15)11-6-8-12(9-7-11)19(29)26(21(23,24)25)13-4-2-1-3-5-13/h1-9H,10H2,(H,27,28)(H,30,31). The van der Waals surface area contributed by atoms with Crippen molar-refractivity contribution in [1.29, 1.82) is 0 Å². The number of carbonyl (C=O) groups excluding carboxylic acids is 1. The van der Waals surface area contributed by atoms with Gasteiger partial charge in [-0.15, -0.1) is 24.5 Å². The van der Waals surface area contributed by atoms with Crippen molar-refractivity contribution in [3.63, 3.8) is 0 Å². The van der Waals surface area contributed by atoms with Crippen molar-refractivity contribution in [3.05, 3.63) is 70.1 Å². The van der Waals surface area contributed by atoms with Gasteiger partial charge in [0.15, 0.2) is 17.2 Å². The largest absolute Gasteiger partial charge is 0.491 e. The smallest absolute Gasteiger partial charge is 0.479 e. The molecule has 172 valence electrons. The number of amides is 1. The van der Waals surface area contributed by atoms with E-state index in [0.29, 0.717) is 16.9 Å². The van der Waals surface area contributed by atoms with E-state index in [1.54, 1.807) is 0 Å². The molecule has 33 heavy (non-hydrogen) atoms. The lowest BCUT2D eigenvalue weighted by Gasteiger charge is -2.25. The number of rotatable bonds is 7. The molecule has 1 heterocycles. The number of para-hydroxylation sites is 1. The Morgan fingerprint density at radius 1 is 1.00 bits per heavy atom. The molecule has 0 spiro atoms. The van der Waals surface area contributed by atoms with Crippen LogP contribution in [0.3, 0.4) is 0 Å². The van der Waals surface area contributed by atoms with Gasteiger partial charge in [0.2, 0.25) is 0 Å². The number of aromatic carboxylic acids is 1. The average Bonchev–Trinajstić information content (AvgIpc) is 3.08. The van der Waals surface area contributed by atoms with Crippen molar-refractivity contribution in [2.24, 2.45) is 0 Å². The Kier molecular flexibility index (Phi) is 6.94.